The van der Waals surface area contributed by atoms with Crippen molar-refractivity contribution in [1.29, 1.82) is 0 Å². The lowest BCUT2D eigenvalue weighted by Crippen LogP contribution is -2.40. The summed E-state index contributed by atoms with van der Waals surface area (Å²) in [7, 11) is -2.08. The van der Waals surface area contributed by atoms with E-state index < -0.39 is 8.56 Å². The van der Waals surface area contributed by atoms with E-state index in [-0.39, 0.29) is 6.09 Å². The van der Waals surface area contributed by atoms with Gasteiger partial charge in [-0.05, 0) is 32.9 Å². The highest BCUT2D eigenvalue weighted by molar-refractivity contribution is 6.66. The van der Waals surface area contributed by atoms with Crippen LogP contribution in [-0.2, 0) is 18.3 Å². The van der Waals surface area contributed by atoms with E-state index in [0.29, 0.717) is 26.4 Å². The number of alkyl carbamates (subject to hydrolysis) is 1. The van der Waals surface area contributed by atoms with Crippen LogP contribution >= 0.6 is 0 Å². The molecular weight excluding hydrogens is 316 g/mol. The molecule has 1 heterocycles. The minimum atomic E-state index is -2.08. The second kappa shape index (κ2) is 11.8. The van der Waals surface area contributed by atoms with Gasteiger partial charge in [0.2, 0.25) is 0 Å². The van der Waals surface area contributed by atoms with E-state index >= 15 is 0 Å². The third-order valence-electron chi connectivity index (χ3n) is 3.72. The highest BCUT2D eigenvalue weighted by Crippen LogP contribution is 2.15. The number of carbonyl (C=O) groups excluding carboxylic acids is 1. The summed E-state index contributed by atoms with van der Waals surface area (Å²) < 4.78 is 22.0. The molecule has 0 aromatic carbocycles. The molecular formula is C15H32N2O5Si. The molecule has 1 saturated heterocycles. The lowest BCUT2D eigenvalue weighted by molar-refractivity contribution is 0.0281. The van der Waals surface area contributed by atoms with Gasteiger partial charge in [-0.15, -0.1) is 0 Å². The fourth-order valence-electron chi connectivity index (χ4n) is 2.54. The summed E-state index contributed by atoms with van der Waals surface area (Å²) in [6.07, 6.45) is 0.482. The molecule has 7 nitrogen and oxygen atoms in total. The van der Waals surface area contributed by atoms with Crippen LogP contribution in [-0.4, -0.2) is 78.8 Å². The molecule has 1 aliphatic heterocycles. The largest absolute Gasteiger partial charge is 0.448 e. The van der Waals surface area contributed by atoms with Gasteiger partial charge in [-0.25, -0.2) is 4.79 Å². The average molecular weight is 349 g/mol. The van der Waals surface area contributed by atoms with Crippen molar-refractivity contribution in [3.05, 3.63) is 0 Å². The molecule has 0 aromatic heterocycles. The molecule has 23 heavy (non-hydrogen) atoms. The number of nitrogens with zero attached hydrogens (tertiary/aromatic N) is 1. The molecule has 1 fully saturated rings. The van der Waals surface area contributed by atoms with Gasteiger partial charge in [0.25, 0.3) is 0 Å². The molecule has 0 spiro atoms. The molecule has 0 aliphatic carbocycles. The second-order valence-electron chi connectivity index (χ2n) is 5.62. The number of ether oxygens (including phenoxy) is 2. The average Bonchev–Trinajstić information content (AvgIpc) is 2.53. The zero-order valence-electron chi connectivity index (χ0n) is 14.8. The fraction of sp³-hybridized carbons (Fsp3) is 0.933. The Bertz CT molecular complexity index is 321. The minimum absolute atomic E-state index is 0.352. The zero-order valence-corrected chi connectivity index (χ0v) is 15.8. The first-order valence-corrected chi connectivity index (χ1v) is 11.1. The third-order valence-corrected chi connectivity index (χ3v) is 6.78. The highest BCUT2D eigenvalue weighted by Gasteiger charge is 2.29. The summed E-state index contributed by atoms with van der Waals surface area (Å²) in [4.78, 5) is 13.9. The Labute approximate surface area is 140 Å². The number of carbonyl (C=O) groups is 1. The summed E-state index contributed by atoms with van der Waals surface area (Å²) in [5, 5.41) is 2.78. The van der Waals surface area contributed by atoms with E-state index in [9.17, 15) is 4.79 Å². The summed E-state index contributed by atoms with van der Waals surface area (Å²) >= 11 is 0. The highest BCUT2D eigenvalue weighted by atomic mass is 28.4. The van der Waals surface area contributed by atoms with Gasteiger partial charge >= 0.3 is 14.7 Å². The number of hydrogen-bond acceptors (Lipinski definition) is 6. The topological polar surface area (TPSA) is 69.3 Å². The lowest BCUT2D eigenvalue weighted by Gasteiger charge is -2.26. The van der Waals surface area contributed by atoms with Crippen molar-refractivity contribution in [2.75, 3.05) is 59.2 Å². The van der Waals surface area contributed by atoms with Gasteiger partial charge in [0.15, 0.2) is 0 Å². The molecule has 1 aliphatic rings. The summed E-state index contributed by atoms with van der Waals surface area (Å²) in [5.41, 5.74) is 0. The molecule has 0 saturated carbocycles. The van der Waals surface area contributed by atoms with E-state index in [1.807, 2.05) is 13.8 Å². The monoisotopic (exact) mass is 348 g/mol. The van der Waals surface area contributed by atoms with Crippen LogP contribution in [0.2, 0.25) is 12.6 Å². The number of hydrogen-bond donors (Lipinski definition) is 1. The number of amides is 1. The fourth-order valence-corrected chi connectivity index (χ4v) is 4.95. The second-order valence-corrected chi connectivity index (χ2v) is 8.97. The smallest absolute Gasteiger partial charge is 0.407 e. The first-order chi connectivity index (χ1) is 11.1. The number of morpholine rings is 1. The normalized spacial score (nSPS) is 16.3. The Morgan fingerprint density at radius 2 is 1.87 bits per heavy atom. The van der Waals surface area contributed by atoms with E-state index in [1.54, 1.807) is 0 Å². The van der Waals surface area contributed by atoms with Crippen LogP contribution in [0.25, 0.3) is 0 Å². The van der Waals surface area contributed by atoms with Gasteiger partial charge in [-0.2, -0.15) is 0 Å². The van der Waals surface area contributed by atoms with Crippen LogP contribution in [0, 0.1) is 0 Å². The number of nitrogens with one attached hydrogen (secondary N) is 1. The maximum Gasteiger partial charge on any atom is 0.407 e. The molecule has 1 rings (SSSR count). The maximum absolute atomic E-state index is 11.6. The van der Waals surface area contributed by atoms with Crippen molar-refractivity contribution in [2.24, 2.45) is 0 Å². The van der Waals surface area contributed by atoms with Crippen LogP contribution in [0.3, 0.4) is 0 Å². The van der Waals surface area contributed by atoms with E-state index in [0.717, 1.165) is 45.3 Å². The van der Waals surface area contributed by atoms with Gasteiger partial charge in [0, 0.05) is 39.4 Å². The molecule has 0 radical (unpaired) electrons. The van der Waals surface area contributed by atoms with Gasteiger partial charge in [-0.3, -0.25) is 4.90 Å². The Hall–Kier alpha value is -0.673. The van der Waals surface area contributed by atoms with Crippen LogP contribution in [0.1, 0.15) is 20.3 Å². The zero-order chi connectivity index (χ0) is 17.0. The van der Waals surface area contributed by atoms with Crippen LogP contribution < -0.4 is 5.32 Å². The third kappa shape index (κ3) is 9.26. The maximum atomic E-state index is 11.6. The molecule has 0 aromatic rings. The van der Waals surface area contributed by atoms with Crippen molar-refractivity contribution in [1.82, 2.24) is 10.2 Å². The summed E-state index contributed by atoms with van der Waals surface area (Å²) in [6, 6.07) is 0.864. The molecule has 1 N–H and O–H groups in total. The predicted octanol–water partition coefficient (Wildman–Crippen LogP) is 1.58. The first kappa shape index (κ1) is 20.4. The molecule has 0 atom stereocenters. The van der Waals surface area contributed by atoms with E-state index in [1.165, 1.54) is 0 Å². The van der Waals surface area contributed by atoms with Crippen molar-refractivity contribution in [2.45, 2.75) is 32.9 Å². The van der Waals surface area contributed by atoms with Crippen molar-refractivity contribution in [3.63, 3.8) is 0 Å². The minimum Gasteiger partial charge on any atom is -0.448 e. The first-order valence-electron chi connectivity index (χ1n) is 8.58. The Morgan fingerprint density at radius 3 is 2.48 bits per heavy atom. The molecule has 1 amide bonds. The number of rotatable bonds is 11. The standard InChI is InChI=1S/C15H32N2O5Si/c1-4-21-23(3,22-5-2)14-6-7-16-15(18)20-13-10-17-8-11-19-12-9-17/h4-14H2,1-3H3,(H,16,18). The summed E-state index contributed by atoms with van der Waals surface area (Å²) in [6.45, 7) is 12.4. The Morgan fingerprint density at radius 1 is 1.22 bits per heavy atom. The summed E-state index contributed by atoms with van der Waals surface area (Å²) in [5.74, 6) is 0. The van der Waals surface area contributed by atoms with Crippen molar-refractivity contribution >= 4 is 14.7 Å². The SMILES string of the molecule is CCO[Si](C)(CCCNC(=O)OCCN1CCOCC1)OCC. The van der Waals surface area contributed by atoms with Crippen molar-refractivity contribution < 1.29 is 23.1 Å². The van der Waals surface area contributed by atoms with E-state index in [2.05, 4.69) is 16.8 Å². The molecule has 0 unspecified atom stereocenters. The van der Waals surface area contributed by atoms with Gasteiger partial charge < -0.3 is 23.6 Å². The molecule has 136 valence electrons. The lowest BCUT2D eigenvalue weighted by atomic mass is 10.4. The van der Waals surface area contributed by atoms with Gasteiger partial charge in [-0.1, -0.05) is 0 Å². The Kier molecular flexibility index (Phi) is 10.5. The quantitative estimate of drug-likeness (QED) is 0.452. The van der Waals surface area contributed by atoms with Crippen LogP contribution in [0.15, 0.2) is 0 Å². The molecule has 0 bridgehead atoms. The van der Waals surface area contributed by atoms with Crippen molar-refractivity contribution in [3.8, 4) is 0 Å². The molecule has 8 heteroatoms. The van der Waals surface area contributed by atoms with E-state index in [4.69, 9.17) is 18.3 Å². The van der Waals surface area contributed by atoms with Crippen LogP contribution in [0.5, 0.6) is 0 Å². The predicted molar refractivity (Wildman–Crippen MR) is 90.9 cm³/mol. The Balaban J connectivity index is 2.06. The van der Waals surface area contributed by atoms with Gasteiger partial charge in [0.05, 0.1) is 13.2 Å². The van der Waals surface area contributed by atoms with Gasteiger partial charge in [0.1, 0.15) is 6.61 Å². The van der Waals surface area contributed by atoms with Crippen LogP contribution in [0.4, 0.5) is 4.79 Å².